The summed E-state index contributed by atoms with van der Waals surface area (Å²) in [6.07, 6.45) is 5.34. The summed E-state index contributed by atoms with van der Waals surface area (Å²) in [6.45, 7) is 4.06. The first-order valence-electron chi connectivity index (χ1n) is 12.1. The van der Waals surface area contributed by atoms with E-state index >= 15 is 0 Å². The van der Waals surface area contributed by atoms with Gasteiger partial charge in [0.1, 0.15) is 17.4 Å². The third kappa shape index (κ3) is 4.96. The minimum atomic E-state index is -1.50. The third-order valence-corrected chi connectivity index (χ3v) is 8.47. The highest BCUT2D eigenvalue weighted by atomic mass is 79.9. The standard InChI is InChI=1S/C27H27BrFN3O4S/c1-3-36-27(34)25-23(15-37(35)14-17-6-4-5-7-21(17)29)32(18-8-9-18)22-12-20(28)26(33)19(24(22)25)13-31-11-10-30-16(31)2/h4-7,10-12,18,33H,3,8-9,13-15H2,1-2H3. The number of ether oxygens (including phenoxy) is 1. The van der Waals surface area contributed by atoms with Gasteiger partial charge in [-0.15, -0.1) is 0 Å². The van der Waals surface area contributed by atoms with Crippen molar-refractivity contribution in [3.63, 3.8) is 0 Å². The van der Waals surface area contributed by atoms with E-state index in [0.29, 0.717) is 32.2 Å². The molecule has 1 aliphatic rings. The molecule has 0 saturated heterocycles. The highest BCUT2D eigenvalue weighted by molar-refractivity contribution is 9.10. The first kappa shape index (κ1) is 25.7. The Morgan fingerprint density at radius 2 is 2.05 bits per heavy atom. The molecule has 7 nitrogen and oxygen atoms in total. The number of hydrogen-bond donors (Lipinski definition) is 1. The van der Waals surface area contributed by atoms with Gasteiger partial charge < -0.3 is 19.0 Å². The van der Waals surface area contributed by atoms with Crippen molar-refractivity contribution in [1.82, 2.24) is 14.1 Å². The number of esters is 1. The van der Waals surface area contributed by atoms with Crippen molar-refractivity contribution in [2.75, 3.05) is 6.61 Å². The van der Waals surface area contributed by atoms with Gasteiger partial charge in [0.05, 0.1) is 40.2 Å². The van der Waals surface area contributed by atoms with Gasteiger partial charge in [-0.1, -0.05) is 18.2 Å². The molecule has 1 fully saturated rings. The number of halogens is 2. The quantitative estimate of drug-likeness (QED) is 0.251. The van der Waals surface area contributed by atoms with E-state index in [1.807, 2.05) is 17.7 Å². The number of aromatic hydroxyl groups is 1. The van der Waals surface area contributed by atoms with E-state index in [1.54, 1.807) is 37.4 Å². The molecule has 0 radical (unpaired) electrons. The second-order valence-corrected chi connectivity index (χ2v) is 11.5. The van der Waals surface area contributed by atoms with Gasteiger partial charge in [-0.25, -0.2) is 14.2 Å². The zero-order valence-corrected chi connectivity index (χ0v) is 22.9. The van der Waals surface area contributed by atoms with Crippen LogP contribution in [0.15, 0.2) is 47.2 Å². The van der Waals surface area contributed by atoms with Crippen LogP contribution in [0.3, 0.4) is 0 Å². The number of carbonyl (C=O) groups is 1. The molecule has 1 saturated carbocycles. The second-order valence-electron chi connectivity index (χ2n) is 9.15. The number of rotatable bonds is 9. The fourth-order valence-electron chi connectivity index (χ4n) is 4.76. The van der Waals surface area contributed by atoms with Crippen LogP contribution in [0.25, 0.3) is 10.9 Å². The molecular weight excluding hydrogens is 561 g/mol. The third-order valence-electron chi connectivity index (χ3n) is 6.64. The van der Waals surface area contributed by atoms with Crippen molar-refractivity contribution in [1.29, 1.82) is 0 Å². The van der Waals surface area contributed by atoms with E-state index in [1.165, 1.54) is 6.07 Å². The summed E-state index contributed by atoms with van der Waals surface area (Å²) in [5, 5.41) is 11.7. The van der Waals surface area contributed by atoms with Crippen LogP contribution < -0.4 is 0 Å². The zero-order chi connectivity index (χ0) is 26.3. The Balaban J connectivity index is 1.70. The van der Waals surface area contributed by atoms with E-state index in [-0.39, 0.29) is 36.4 Å². The van der Waals surface area contributed by atoms with E-state index in [4.69, 9.17) is 4.74 Å². The number of hydrogen-bond acceptors (Lipinski definition) is 5. The number of nitrogens with zero attached hydrogens (tertiary/aromatic N) is 3. The molecule has 1 aliphatic carbocycles. The average molecular weight is 588 g/mol. The van der Waals surface area contributed by atoms with Crippen LogP contribution in [0, 0.1) is 12.7 Å². The largest absolute Gasteiger partial charge is 0.506 e. The fourth-order valence-corrected chi connectivity index (χ4v) is 6.49. The normalized spacial score (nSPS) is 14.3. The van der Waals surface area contributed by atoms with Gasteiger partial charge in [-0.3, -0.25) is 4.21 Å². The van der Waals surface area contributed by atoms with Crippen molar-refractivity contribution < 1.29 is 23.2 Å². The Hall–Kier alpha value is -2.98. The summed E-state index contributed by atoms with van der Waals surface area (Å²) in [5.74, 6) is -0.0745. The predicted octanol–water partition coefficient (Wildman–Crippen LogP) is 5.76. The molecule has 2 heterocycles. The number of phenolic OH excluding ortho intramolecular Hbond substituents is 1. The second kappa shape index (κ2) is 10.4. The van der Waals surface area contributed by atoms with Crippen LogP contribution in [0.2, 0.25) is 0 Å². The lowest BCUT2D eigenvalue weighted by Crippen LogP contribution is -2.13. The Morgan fingerprint density at radius 1 is 1.30 bits per heavy atom. The molecule has 0 bridgehead atoms. The molecule has 194 valence electrons. The molecule has 1 unspecified atom stereocenters. The summed E-state index contributed by atoms with van der Waals surface area (Å²) in [7, 11) is -1.50. The maximum Gasteiger partial charge on any atom is 0.340 e. The van der Waals surface area contributed by atoms with Gasteiger partial charge in [0, 0.05) is 51.4 Å². The SMILES string of the molecule is CCOC(=O)c1c(CS(=O)Cc2ccccc2F)n(C2CC2)c2cc(Br)c(O)c(Cn3ccnc3C)c12. The van der Waals surface area contributed by atoms with Gasteiger partial charge >= 0.3 is 5.97 Å². The first-order valence-corrected chi connectivity index (χ1v) is 14.4. The van der Waals surface area contributed by atoms with Gasteiger partial charge in [0.15, 0.2) is 0 Å². The number of imidazole rings is 1. The topological polar surface area (TPSA) is 86.4 Å². The van der Waals surface area contributed by atoms with E-state index in [2.05, 4.69) is 25.5 Å². The lowest BCUT2D eigenvalue weighted by molar-refractivity contribution is 0.0527. The van der Waals surface area contributed by atoms with Gasteiger partial charge in [0.25, 0.3) is 0 Å². The summed E-state index contributed by atoms with van der Waals surface area (Å²) in [5.41, 5.74) is 2.58. The lowest BCUT2D eigenvalue weighted by atomic mass is 10.0. The molecule has 10 heteroatoms. The lowest BCUT2D eigenvalue weighted by Gasteiger charge is -2.13. The minimum Gasteiger partial charge on any atom is -0.506 e. The number of aryl methyl sites for hydroxylation is 1. The molecule has 1 N–H and O–H groups in total. The summed E-state index contributed by atoms with van der Waals surface area (Å²) < 4.78 is 37.6. The maximum atomic E-state index is 14.3. The number of carbonyl (C=O) groups excluding carboxylic acids is 1. The van der Waals surface area contributed by atoms with Crippen LogP contribution in [0.1, 0.15) is 58.8 Å². The van der Waals surface area contributed by atoms with E-state index in [0.717, 1.165) is 24.2 Å². The molecule has 0 aliphatic heterocycles. The Bertz CT molecular complexity index is 1530. The summed E-state index contributed by atoms with van der Waals surface area (Å²) in [4.78, 5) is 17.7. The van der Waals surface area contributed by atoms with Crippen molar-refractivity contribution >= 4 is 43.6 Å². The summed E-state index contributed by atoms with van der Waals surface area (Å²) in [6, 6.07) is 8.23. The smallest absolute Gasteiger partial charge is 0.340 e. The van der Waals surface area contributed by atoms with Gasteiger partial charge in [-0.2, -0.15) is 0 Å². The monoisotopic (exact) mass is 587 g/mol. The molecule has 1 atom stereocenters. The van der Waals surface area contributed by atoms with Crippen LogP contribution in [0.4, 0.5) is 4.39 Å². The van der Waals surface area contributed by atoms with Gasteiger partial charge in [-0.05, 0) is 54.8 Å². The van der Waals surface area contributed by atoms with Crippen LogP contribution in [-0.2, 0) is 33.6 Å². The average Bonchev–Trinajstić information content (AvgIpc) is 3.54. The predicted molar refractivity (Wildman–Crippen MR) is 144 cm³/mol. The van der Waals surface area contributed by atoms with Gasteiger partial charge in [0.2, 0.25) is 0 Å². The summed E-state index contributed by atoms with van der Waals surface area (Å²) >= 11 is 3.49. The number of aromatic nitrogens is 3. The number of benzene rings is 2. The number of fused-ring (bicyclic) bond motifs is 1. The van der Waals surface area contributed by atoms with Crippen molar-refractivity contribution in [2.45, 2.75) is 50.8 Å². The zero-order valence-electron chi connectivity index (χ0n) is 20.5. The highest BCUT2D eigenvalue weighted by Gasteiger charge is 2.35. The van der Waals surface area contributed by atoms with Crippen molar-refractivity contribution in [3.8, 4) is 5.75 Å². The molecule has 5 rings (SSSR count). The minimum absolute atomic E-state index is 0.0250. The molecular formula is C27H27BrFN3O4S. The molecule has 0 amide bonds. The number of phenols is 1. The Morgan fingerprint density at radius 3 is 2.70 bits per heavy atom. The van der Waals surface area contributed by atoms with Crippen molar-refractivity contribution in [2.24, 2.45) is 0 Å². The highest BCUT2D eigenvalue weighted by Crippen LogP contribution is 2.46. The van der Waals surface area contributed by atoms with Crippen LogP contribution in [0.5, 0.6) is 5.75 Å². The Labute approximate surface area is 224 Å². The molecule has 2 aromatic heterocycles. The molecule has 0 spiro atoms. The Kier molecular flexibility index (Phi) is 7.22. The molecule has 4 aromatic rings. The maximum absolute atomic E-state index is 14.3. The van der Waals surface area contributed by atoms with E-state index in [9.17, 15) is 18.5 Å². The molecule has 37 heavy (non-hydrogen) atoms. The van der Waals surface area contributed by atoms with Crippen LogP contribution >= 0.6 is 15.9 Å². The van der Waals surface area contributed by atoms with Crippen LogP contribution in [-0.4, -0.2) is 36.0 Å². The molecule has 2 aromatic carbocycles. The first-order chi connectivity index (χ1) is 17.8. The van der Waals surface area contributed by atoms with E-state index < -0.39 is 22.6 Å². The fraction of sp³-hybridized carbons (Fsp3) is 0.333. The van der Waals surface area contributed by atoms with Crippen molar-refractivity contribution in [3.05, 3.63) is 81.2 Å².